The van der Waals surface area contributed by atoms with Crippen LogP contribution in [0.5, 0.6) is 0 Å². The highest BCUT2D eigenvalue weighted by Crippen LogP contribution is 2.26. The zero-order valence-corrected chi connectivity index (χ0v) is 12.3. The number of pyridine rings is 1. The molecular weight excluding hydrogens is 284 g/mol. The van der Waals surface area contributed by atoms with E-state index in [1.54, 1.807) is 18.5 Å². The lowest BCUT2D eigenvalue weighted by Gasteiger charge is -2.08. The van der Waals surface area contributed by atoms with E-state index in [2.05, 4.69) is 20.6 Å². The molecule has 0 atom stereocenters. The third kappa shape index (κ3) is 2.85. The maximum Gasteiger partial charge on any atom is 0.259 e. The number of hydrogen-bond acceptors (Lipinski definition) is 5. The molecule has 0 bridgehead atoms. The van der Waals surface area contributed by atoms with Crippen molar-refractivity contribution >= 4 is 38.3 Å². The van der Waals surface area contributed by atoms with Gasteiger partial charge >= 0.3 is 0 Å². The Balaban J connectivity index is 1.86. The van der Waals surface area contributed by atoms with E-state index in [0.717, 1.165) is 22.4 Å². The fraction of sp³-hybridized carbons (Fsp3) is 0.133. The molecule has 3 aromatic rings. The van der Waals surface area contributed by atoms with E-state index in [1.807, 2.05) is 31.2 Å². The second-order valence-electron chi connectivity index (χ2n) is 4.39. The van der Waals surface area contributed by atoms with Crippen LogP contribution in [0.4, 0.5) is 10.8 Å². The zero-order valence-electron chi connectivity index (χ0n) is 11.5. The monoisotopic (exact) mass is 298 g/mol. The number of carbonyl (C=O) groups excluding carboxylic acids is 1. The van der Waals surface area contributed by atoms with Crippen molar-refractivity contribution in [1.82, 2.24) is 9.97 Å². The van der Waals surface area contributed by atoms with E-state index in [4.69, 9.17) is 0 Å². The second kappa shape index (κ2) is 5.88. The number of thiazole rings is 1. The van der Waals surface area contributed by atoms with Crippen LogP contribution >= 0.6 is 11.3 Å². The Hall–Kier alpha value is -2.47. The fourth-order valence-corrected chi connectivity index (χ4v) is 2.87. The van der Waals surface area contributed by atoms with Crippen molar-refractivity contribution in [1.29, 1.82) is 0 Å². The van der Waals surface area contributed by atoms with Crippen molar-refractivity contribution in [2.24, 2.45) is 0 Å². The summed E-state index contributed by atoms with van der Waals surface area (Å²) in [6, 6.07) is 9.50. The lowest BCUT2D eigenvalue weighted by molar-refractivity contribution is 0.102. The van der Waals surface area contributed by atoms with Crippen molar-refractivity contribution < 1.29 is 4.79 Å². The van der Waals surface area contributed by atoms with Crippen molar-refractivity contribution in [3.63, 3.8) is 0 Å². The summed E-state index contributed by atoms with van der Waals surface area (Å²) < 4.78 is 1.05. The van der Waals surface area contributed by atoms with Crippen molar-refractivity contribution in [2.45, 2.75) is 6.92 Å². The summed E-state index contributed by atoms with van der Waals surface area (Å²) in [4.78, 5) is 20.8. The van der Waals surface area contributed by atoms with Gasteiger partial charge in [0.1, 0.15) is 0 Å². The van der Waals surface area contributed by atoms with Crippen LogP contribution in [-0.2, 0) is 0 Å². The van der Waals surface area contributed by atoms with Crippen LogP contribution in [0.2, 0.25) is 0 Å². The Morgan fingerprint density at radius 1 is 1.29 bits per heavy atom. The van der Waals surface area contributed by atoms with Crippen LogP contribution in [-0.4, -0.2) is 22.4 Å². The van der Waals surface area contributed by atoms with E-state index in [9.17, 15) is 4.79 Å². The summed E-state index contributed by atoms with van der Waals surface area (Å²) in [5.41, 5.74) is 2.17. The maximum atomic E-state index is 12.4. The molecule has 1 aromatic carbocycles. The number of para-hydroxylation sites is 1. The van der Waals surface area contributed by atoms with Crippen LogP contribution in [0.3, 0.4) is 0 Å². The lowest BCUT2D eigenvalue weighted by atomic mass is 10.2. The molecule has 0 aliphatic carbocycles. The SMILES string of the molecule is CCNc1cnccc1C(=O)Nc1nc2ccccc2s1. The van der Waals surface area contributed by atoms with Gasteiger partial charge in [0, 0.05) is 12.7 Å². The largest absolute Gasteiger partial charge is 0.383 e. The highest BCUT2D eigenvalue weighted by molar-refractivity contribution is 7.22. The van der Waals surface area contributed by atoms with Gasteiger partial charge in [-0.2, -0.15) is 0 Å². The molecule has 0 aliphatic rings. The third-order valence-corrected chi connectivity index (χ3v) is 3.90. The van der Waals surface area contributed by atoms with Crippen molar-refractivity contribution in [3.8, 4) is 0 Å². The average molecular weight is 298 g/mol. The van der Waals surface area contributed by atoms with Crippen LogP contribution in [0, 0.1) is 0 Å². The van der Waals surface area contributed by atoms with E-state index >= 15 is 0 Å². The molecule has 6 heteroatoms. The van der Waals surface area contributed by atoms with Crippen LogP contribution in [0.15, 0.2) is 42.7 Å². The van der Waals surface area contributed by atoms with Crippen LogP contribution < -0.4 is 10.6 Å². The molecule has 106 valence electrons. The average Bonchev–Trinajstić information content (AvgIpc) is 2.90. The predicted octanol–water partition coefficient (Wildman–Crippen LogP) is 3.38. The molecule has 0 radical (unpaired) electrons. The zero-order chi connectivity index (χ0) is 14.7. The second-order valence-corrected chi connectivity index (χ2v) is 5.42. The molecule has 0 saturated carbocycles. The highest BCUT2D eigenvalue weighted by Gasteiger charge is 2.13. The first-order valence-electron chi connectivity index (χ1n) is 6.62. The van der Waals surface area contributed by atoms with E-state index in [0.29, 0.717) is 10.7 Å². The Morgan fingerprint density at radius 2 is 2.14 bits per heavy atom. The molecule has 3 rings (SSSR count). The summed E-state index contributed by atoms with van der Waals surface area (Å²) in [6.07, 6.45) is 3.25. The summed E-state index contributed by atoms with van der Waals surface area (Å²) in [5, 5.41) is 6.57. The molecule has 0 unspecified atom stereocenters. The summed E-state index contributed by atoms with van der Waals surface area (Å²) in [6.45, 7) is 2.70. The Morgan fingerprint density at radius 3 is 2.95 bits per heavy atom. The van der Waals surface area contributed by atoms with Crippen LogP contribution in [0.25, 0.3) is 10.2 Å². The topological polar surface area (TPSA) is 66.9 Å². The fourth-order valence-electron chi connectivity index (χ4n) is 2.01. The molecule has 0 spiro atoms. The van der Waals surface area contributed by atoms with Gasteiger partial charge in [0.05, 0.1) is 27.7 Å². The minimum atomic E-state index is -0.188. The quantitative estimate of drug-likeness (QED) is 0.775. The molecule has 2 aromatic heterocycles. The van der Waals surface area contributed by atoms with Gasteiger partial charge in [0.2, 0.25) is 0 Å². The number of benzene rings is 1. The molecule has 1 amide bonds. The number of hydrogen-bond donors (Lipinski definition) is 2. The van der Waals surface area contributed by atoms with Crippen LogP contribution in [0.1, 0.15) is 17.3 Å². The predicted molar refractivity (Wildman–Crippen MR) is 86.0 cm³/mol. The molecule has 2 N–H and O–H groups in total. The van der Waals surface area contributed by atoms with E-state index in [1.165, 1.54) is 11.3 Å². The van der Waals surface area contributed by atoms with Gasteiger partial charge in [-0.1, -0.05) is 23.5 Å². The first-order chi connectivity index (χ1) is 10.3. The summed E-state index contributed by atoms with van der Waals surface area (Å²) in [5.74, 6) is -0.188. The standard InChI is InChI=1S/C15H14N4OS/c1-2-17-12-9-16-8-7-10(12)14(20)19-15-18-11-5-3-4-6-13(11)21-15/h3-9,17H,2H2,1H3,(H,18,19,20). The molecule has 21 heavy (non-hydrogen) atoms. The first kappa shape index (κ1) is 13.5. The number of amides is 1. The Labute approximate surface area is 126 Å². The van der Waals surface area contributed by atoms with Gasteiger partial charge in [0.15, 0.2) is 5.13 Å². The highest BCUT2D eigenvalue weighted by atomic mass is 32.1. The van der Waals surface area contributed by atoms with Gasteiger partial charge in [-0.05, 0) is 25.1 Å². The molecule has 0 aliphatic heterocycles. The molecule has 5 nitrogen and oxygen atoms in total. The molecule has 2 heterocycles. The summed E-state index contributed by atoms with van der Waals surface area (Å²) in [7, 11) is 0. The third-order valence-electron chi connectivity index (χ3n) is 2.95. The van der Waals surface area contributed by atoms with Gasteiger partial charge in [0.25, 0.3) is 5.91 Å². The minimum absolute atomic E-state index is 0.188. The number of nitrogens with zero attached hydrogens (tertiary/aromatic N) is 2. The van der Waals surface area contributed by atoms with E-state index in [-0.39, 0.29) is 5.91 Å². The lowest BCUT2D eigenvalue weighted by Crippen LogP contribution is -2.14. The Kier molecular flexibility index (Phi) is 3.79. The molecule has 0 fully saturated rings. The van der Waals surface area contributed by atoms with E-state index < -0.39 is 0 Å². The number of fused-ring (bicyclic) bond motifs is 1. The number of anilines is 2. The number of aromatic nitrogens is 2. The number of rotatable bonds is 4. The molecular formula is C15H14N4OS. The maximum absolute atomic E-state index is 12.4. The van der Waals surface area contributed by atoms with Gasteiger partial charge < -0.3 is 5.32 Å². The number of nitrogens with one attached hydrogen (secondary N) is 2. The Bertz CT molecular complexity index is 751. The smallest absolute Gasteiger partial charge is 0.259 e. The van der Waals surface area contributed by atoms with Crippen molar-refractivity contribution in [2.75, 3.05) is 17.2 Å². The van der Waals surface area contributed by atoms with Gasteiger partial charge in [-0.3, -0.25) is 15.1 Å². The van der Waals surface area contributed by atoms with Crippen molar-refractivity contribution in [3.05, 3.63) is 48.3 Å². The number of carbonyl (C=O) groups is 1. The summed E-state index contributed by atoms with van der Waals surface area (Å²) >= 11 is 1.46. The van der Waals surface area contributed by atoms with Gasteiger partial charge in [-0.15, -0.1) is 0 Å². The normalized spacial score (nSPS) is 10.5. The molecule has 0 saturated heterocycles. The first-order valence-corrected chi connectivity index (χ1v) is 7.44. The minimum Gasteiger partial charge on any atom is -0.383 e. The van der Waals surface area contributed by atoms with Gasteiger partial charge in [-0.25, -0.2) is 4.98 Å².